The fourth-order valence-electron chi connectivity index (χ4n) is 3.77. The summed E-state index contributed by atoms with van der Waals surface area (Å²) in [4.78, 5) is 4.40. The van der Waals surface area contributed by atoms with Crippen LogP contribution in [0.5, 0.6) is 5.75 Å². The van der Waals surface area contributed by atoms with Crippen molar-refractivity contribution in [2.75, 3.05) is 13.7 Å². The molecule has 2 aromatic rings. The maximum Gasteiger partial charge on any atom is 0.119 e. The van der Waals surface area contributed by atoms with Gasteiger partial charge < -0.3 is 15.2 Å². The molecule has 3 rings (SSSR count). The molecule has 1 aromatic carbocycles. The van der Waals surface area contributed by atoms with Crippen LogP contribution < -0.4 is 10.1 Å². The average Bonchev–Trinajstić information content (AvgIpc) is 2.65. The van der Waals surface area contributed by atoms with E-state index in [1.54, 1.807) is 13.3 Å². The number of aliphatic hydroxyl groups excluding tert-OH is 1. The molecule has 24 heavy (non-hydrogen) atoms. The summed E-state index contributed by atoms with van der Waals surface area (Å²) in [7, 11) is 1.65. The molecule has 4 heteroatoms. The van der Waals surface area contributed by atoms with Gasteiger partial charge in [-0.15, -0.1) is 6.58 Å². The summed E-state index contributed by atoms with van der Waals surface area (Å²) in [5.41, 5.74) is 1.78. The molecule has 0 amide bonds. The Labute approximate surface area is 143 Å². The number of hydrogen-bond acceptors (Lipinski definition) is 4. The molecule has 0 bridgehead atoms. The van der Waals surface area contributed by atoms with Crippen LogP contribution in [0.2, 0.25) is 0 Å². The third kappa shape index (κ3) is 3.17. The van der Waals surface area contributed by atoms with E-state index in [9.17, 15) is 5.11 Å². The first-order valence-corrected chi connectivity index (χ1v) is 8.64. The van der Waals surface area contributed by atoms with Crippen LogP contribution in [-0.2, 0) is 0 Å². The van der Waals surface area contributed by atoms with Gasteiger partial charge in [-0.25, -0.2) is 0 Å². The molecular weight excluding hydrogens is 300 g/mol. The molecule has 0 saturated carbocycles. The SMILES string of the molecule is C=CC1CNC([C@H](O)c2ccnc3ccc(OC)cc23)CC1CC. The van der Waals surface area contributed by atoms with Crippen molar-refractivity contribution in [1.82, 2.24) is 10.3 Å². The van der Waals surface area contributed by atoms with Crippen LogP contribution in [0.15, 0.2) is 43.1 Å². The number of fused-ring (bicyclic) bond motifs is 1. The van der Waals surface area contributed by atoms with Gasteiger partial charge in [-0.1, -0.05) is 19.4 Å². The van der Waals surface area contributed by atoms with E-state index in [0.29, 0.717) is 11.8 Å². The van der Waals surface area contributed by atoms with Gasteiger partial charge in [0.2, 0.25) is 0 Å². The lowest BCUT2D eigenvalue weighted by Gasteiger charge is -2.37. The number of rotatable bonds is 5. The smallest absolute Gasteiger partial charge is 0.119 e. The first-order chi connectivity index (χ1) is 11.7. The van der Waals surface area contributed by atoms with Crippen molar-refractivity contribution in [2.45, 2.75) is 31.9 Å². The summed E-state index contributed by atoms with van der Waals surface area (Å²) in [6.07, 6.45) is 5.29. The zero-order chi connectivity index (χ0) is 17.1. The van der Waals surface area contributed by atoms with Gasteiger partial charge in [0.1, 0.15) is 5.75 Å². The van der Waals surface area contributed by atoms with Crippen LogP contribution in [0.3, 0.4) is 0 Å². The van der Waals surface area contributed by atoms with Gasteiger partial charge in [0.05, 0.1) is 18.7 Å². The van der Waals surface area contributed by atoms with Crippen LogP contribution in [-0.4, -0.2) is 29.8 Å². The lowest BCUT2D eigenvalue weighted by atomic mass is 9.79. The summed E-state index contributed by atoms with van der Waals surface area (Å²) in [6, 6.07) is 7.73. The Morgan fingerprint density at radius 3 is 3.00 bits per heavy atom. The number of aliphatic hydroxyl groups is 1. The fraction of sp³-hybridized carbons (Fsp3) is 0.450. The zero-order valence-electron chi connectivity index (χ0n) is 14.4. The predicted molar refractivity (Wildman–Crippen MR) is 97.1 cm³/mol. The predicted octanol–water partition coefficient (Wildman–Crippen LogP) is 3.47. The lowest BCUT2D eigenvalue weighted by Crippen LogP contribution is -2.46. The number of piperidine rings is 1. The van der Waals surface area contributed by atoms with Gasteiger partial charge in [0, 0.05) is 24.2 Å². The molecular formula is C20H26N2O2. The van der Waals surface area contributed by atoms with Crippen LogP contribution >= 0.6 is 0 Å². The molecule has 1 saturated heterocycles. The Hall–Kier alpha value is -1.91. The third-order valence-corrected chi connectivity index (χ3v) is 5.29. The number of benzene rings is 1. The molecule has 3 unspecified atom stereocenters. The molecule has 4 nitrogen and oxygen atoms in total. The van der Waals surface area contributed by atoms with E-state index in [2.05, 4.69) is 23.8 Å². The minimum absolute atomic E-state index is 0.0444. The van der Waals surface area contributed by atoms with Crippen molar-refractivity contribution < 1.29 is 9.84 Å². The van der Waals surface area contributed by atoms with Gasteiger partial charge >= 0.3 is 0 Å². The van der Waals surface area contributed by atoms with E-state index in [0.717, 1.165) is 41.6 Å². The van der Waals surface area contributed by atoms with Crippen LogP contribution in [0.4, 0.5) is 0 Å². The van der Waals surface area contributed by atoms with Crippen molar-refractivity contribution in [3.05, 3.63) is 48.7 Å². The van der Waals surface area contributed by atoms with E-state index in [1.165, 1.54) is 0 Å². The second-order valence-corrected chi connectivity index (χ2v) is 6.55. The quantitative estimate of drug-likeness (QED) is 0.826. The van der Waals surface area contributed by atoms with Crippen molar-refractivity contribution in [3.8, 4) is 5.75 Å². The first kappa shape index (κ1) is 16.9. The Kier molecular flexibility index (Phi) is 5.17. The maximum atomic E-state index is 11.0. The minimum Gasteiger partial charge on any atom is -0.497 e. The highest BCUT2D eigenvalue weighted by Crippen LogP contribution is 2.34. The summed E-state index contributed by atoms with van der Waals surface area (Å²) in [5.74, 6) is 1.82. The van der Waals surface area contributed by atoms with Gasteiger partial charge in [0.15, 0.2) is 0 Å². The average molecular weight is 326 g/mol. The van der Waals surface area contributed by atoms with Crippen LogP contribution in [0.25, 0.3) is 10.9 Å². The van der Waals surface area contributed by atoms with Crippen LogP contribution in [0, 0.1) is 11.8 Å². The Bertz CT molecular complexity index is 716. The summed E-state index contributed by atoms with van der Waals surface area (Å²) >= 11 is 0. The van der Waals surface area contributed by atoms with Crippen molar-refractivity contribution in [3.63, 3.8) is 0 Å². The maximum absolute atomic E-state index is 11.0. The van der Waals surface area contributed by atoms with Gasteiger partial charge in [-0.2, -0.15) is 0 Å². The normalized spacial score (nSPS) is 25.4. The fourth-order valence-corrected chi connectivity index (χ4v) is 3.77. The van der Waals surface area contributed by atoms with Gasteiger partial charge in [-0.3, -0.25) is 4.98 Å². The Balaban J connectivity index is 1.91. The number of hydrogen-bond donors (Lipinski definition) is 2. The largest absolute Gasteiger partial charge is 0.497 e. The number of nitrogens with one attached hydrogen (secondary N) is 1. The van der Waals surface area contributed by atoms with E-state index >= 15 is 0 Å². The molecule has 1 fully saturated rings. The van der Waals surface area contributed by atoms with E-state index in [1.807, 2.05) is 30.3 Å². The molecule has 1 aliphatic heterocycles. The second kappa shape index (κ2) is 7.32. The summed E-state index contributed by atoms with van der Waals surface area (Å²) in [6.45, 7) is 7.03. The highest BCUT2D eigenvalue weighted by atomic mass is 16.5. The van der Waals surface area contributed by atoms with Crippen LogP contribution in [0.1, 0.15) is 31.4 Å². The summed E-state index contributed by atoms with van der Waals surface area (Å²) < 4.78 is 5.33. The van der Waals surface area contributed by atoms with E-state index in [-0.39, 0.29) is 6.04 Å². The standard InChI is InChI=1S/C20H26N2O2/c1-4-13-10-19(22-12-14(13)5-2)20(23)16-8-9-21-18-7-6-15(24-3)11-17(16)18/h5-9,11,13-14,19-20,22-23H,2,4,10,12H2,1,3H3/t13?,14?,19?,20-/m1/s1. The Morgan fingerprint density at radius 1 is 1.46 bits per heavy atom. The highest BCUT2D eigenvalue weighted by molar-refractivity contribution is 5.83. The van der Waals surface area contributed by atoms with E-state index < -0.39 is 6.10 Å². The molecule has 0 spiro atoms. The zero-order valence-corrected chi connectivity index (χ0v) is 14.4. The number of pyridine rings is 1. The third-order valence-electron chi connectivity index (χ3n) is 5.29. The molecule has 2 N–H and O–H groups in total. The number of aromatic nitrogens is 1. The summed E-state index contributed by atoms with van der Waals surface area (Å²) in [5, 5.41) is 15.5. The molecule has 1 aliphatic rings. The molecule has 128 valence electrons. The molecule has 0 aliphatic carbocycles. The number of ether oxygens (including phenoxy) is 1. The first-order valence-electron chi connectivity index (χ1n) is 8.64. The van der Waals surface area contributed by atoms with E-state index in [4.69, 9.17) is 4.74 Å². The van der Waals surface area contributed by atoms with Crippen molar-refractivity contribution >= 4 is 10.9 Å². The molecule has 2 heterocycles. The van der Waals surface area contributed by atoms with Gasteiger partial charge in [0.25, 0.3) is 0 Å². The topological polar surface area (TPSA) is 54.4 Å². The number of methoxy groups -OCH3 is 1. The van der Waals surface area contributed by atoms with Crippen molar-refractivity contribution in [1.29, 1.82) is 0 Å². The molecule has 0 radical (unpaired) electrons. The Morgan fingerprint density at radius 2 is 2.29 bits per heavy atom. The number of nitrogens with zero attached hydrogens (tertiary/aromatic N) is 1. The molecule has 1 aromatic heterocycles. The minimum atomic E-state index is -0.567. The lowest BCUT2D eigenvalue weighted by molar-refractivity contribution is 0.0874. The molecule has 4 atom stereocenters. The second-order valence-electron chi connectivity index (χ2n) is 6.55. The monoisotopic (exact) mass is 326 g/mol. The van der Waals surface area contributed by atoms with Crippen molar-refractivity contribution in [2.24, 2.45) is 11.8 Å². The van der Waals surface area contributed by atoms with Gasteiger partial charge in [-0.05, 0) is 48.1 Å². The highest BCUT2D eigenvalue weighted by Gasteiger charge is 2.32.